The summed E-state index contributed by atoms with van der Waals surface area (Å²) in [6, 6.07) is 3.36. The Morgan fingerprint density at radius 3 is 2.68 bits per heavy atom. The van der Waals surface area contributed by atoms with Gasteiger partial charge in [-0.05, 0) is 24.5 Å². The number of rotatable bonds is 9. The first-order valence-corrected chi connectivity index (χ1v) is 10.8. The molecule has 2 N–H and O–H groups in total. The van der Waals surface area contributed by atoms with Crippen LogP contribution in [0.1, 0.15) is 25.7 Å². The lowest BCUT2D eigenvalue weighted by Crippen LogP contribution is -2.29. The molecular formula is C19H22N6O4S2. The first-order valence-electron chi connectivity index (χ1n) is 9.17. The maximum absolute atomic E-state index is 12.8. The fourth-order valence-corrected chi connectivity index (χ4v) is 4.21. The van der Waals surface area contributed by atoms with E-state index in [1.807, 2.05) is 0 Å². The van der Waals surface area contributed by atoms with Gasteiger partial charge in [-0.3, -0.25) is 9.59 Å². The van der Waals surface area contributed by atoms with Crippen molar-refractivity contribution in [2.45, 2.75) is 6.92 Å². The van der Waals surface area contributed by atoms with Crippen LogP contribution in [0.4, 0.5) is 15.8 Å². The Morgan fingerprint density at radius 2 is 2.00 bits per heavy atom. The first kappa shape index (κ1) is 22.6. The van der Waals surface area contributed by atoms with Gasteiger partial charge in [0.2, 0.25) is 5.88 Å². The van der Waals surface area contributed by atoms with Crippen LogP contribution in [0.25, 0.3) is 0 Å². The van der Waals surface area contributed by atoms with Crippen LogP contribution < -0.4 is 15.4 Å². The van der Waals surface area contributed by atoms with Gasteiger partial charge in [-0.15, -0.1) is 0 Å². The van der Waals surface area contributed by atoms with Crippen LogP contribution in [0.2, 0.25) is 0 Å². The number of pyridine rings is 1. The topological polar surface area (TPSA) is 119 Å². The molecule has 0 aliphatic carbocycles. The number of nitrogens with zero attached hydrogens (tertiary/aromatic N) is 4. The van der Waals surface area contributed by atoms with Crippen molar-refractivity contribution in [3.63, 3.8) is 0 Å². The van der Waals surface area contributed by atoms with Crippen molar-refractivity contribution in [1.82, 2.24) is 19.2 Å². The summed E-state index contributed by atoms with van der Waals surface area (Å²) in [4.78, 5) is 35.7. The normalized spacial score (nSPS) is 10.6. The van der Waals surface area contributed by atoms with Crippen LogP contribution in [-0.4, -0.2) is 65.5 Å². The number of hydrogen-bond acceptors (Lipinski definition) is 10. The van der Waals surface area contributed by atoms with E-state index in [2.05, 4.69) is 25.0 Å². The number of amides is 2. The number of hydrogen-bond donors (Lipinski definition) is 2. The zero-order chi connectivity index (χ0) is 22.4. The predicted molar refractivity (Wildman–Crippen MR) is 120 cm³/mol. The van der Waals surface area contributed by atoms with Crippen molar-refractivity contribution >= 4 is 50.5 Å². The highest BCUT2D eigenvalue weighted by Gasteiger charge is 2.21. The molecule has 0 unspecified atom stereocenters. The second kappa shape index (κ2) is 10.3. The molecule has 164 valence electrons. The second-order valence-electron chi connectivity index (χ2n) is 6.39. The fraction of sp³-hybridized carbons (Fsp3) is 0.316. The van der Waals surface area contributed by atoms with E-state index in [-0.39, 0.29) is 11.8 Å². The highest BCUT2D eigenvalue weighted by Crippen LogP contribution is 2.31. The number of aromatic nitrogens is 3. The van der Waals surface area contributed by atoms with Crippen LogP contribution in [0.15, 0.2) is 24.5 Å². The molecule has 0 spiro atoms. The van der Waals surface area contributed by atoms with Crippen LogP contribution in [-0.2, 0) is 4.74 Å². The average Bonchev–Trinajstić information content (AvgIpc) is 3.38. The molecule has 0 fully saturated rings. The third-order valence-electron chi connectivity index (χ3n) is 4.21. The quantitative estimate of drug-likeness (QED) is 0.498. The summed E-state index contributed by atoms with van der Waals surface area (Å²) in [6.45, 7) is 2.69. The number of methoxy groups -OCH3 is 2. The minimum atomic E-state index is -0.326. The number of ether oxygens (including phenoxy) is 2. The molecule has 31 heavy (non-hydrogen) atoms. The van der Waals surface area contributed by atoms with Gasteiger partial charge in [0.25, 0.3) is 11.8 Å². The molecule has 12 heteroatoms. The number of carbonyl (C=O) groups is 2. The highest BCUT2D eigenvalue weighted by molar-refractivity contribution is 7.18. The van der Waals surface area contributed by atoms with E-state index in [9.17, 15) is 9.59 Å². The smallest absolute Gasteiger partial charge is 0.265 e. The zero-order valence-electron chi connectivity index (χ0n) is 17.5. The van der Waals surface area contributed by atoms with Crippen molar-refractivity contribution in [3.8, 4) is 5.88 Å². The Labute approximate surface area is 187 Å². The third-order valence-corrected chi connectivity index (χ3v) is 5.96. The fourth-order valence-electron chi connectivity index (χ4n) is 2.54. The molecular weight excluding hydrogens is 440 g/mol. The third kappa shape index (κ3) is 5.54. The van der Waals surface area contributed by atoms with Crippen LogP contribution in [0, 0.1) is 6.92 Å². The van der Waals surface area contributed by atoms with Gasteiger partial charge in [0.1, 0.15) is 9.88 Å². The van der Waals surface area contributed by atoms with Crippen molar-refractivity contribution in [3.05, 3.63) is 40.7 Å². The van der Waals surface area contributed by atoms with E-state index in [0.29, 0.717) is 51.0 Å². The number of aryl methyl sites for hydroxylation is 1. The summed E-state index contributed by atoms with van der Waals surface area (Å²) < 4.78 is 14.3. The maximum Gasteiger partial charge on any atom is 0.265 e. The number of thiazole rings is 1. The maximum atomic E-state index is 12.8. The predicted octanol–water partition coefficient (Wildman–Crippen LogP) is 3.03. The van der Waals surface area contributed by atoms with Crippen LogP contribution in [0.3, 0.4) is 0 Å². The van der Waals surface area contributed by atoms with Gasteiger partial charge in [0, 0.05) is 26.8 Å². The summed E-state index contributed by atoms with van der Waals surface area (Å²) in [7, 11) is 4.81. The monoisotopic (exact) mass is 462 g/mol. The molecule has 0 bridgehead atoms. The Morgan fingerprint density at radius 1 is 1.19 bits per heavy atom. The first-order chi connectivity index (χ1) is 14.9. The molecule has 3 heterocycles. The van der Waals surface area contributed by atoms with Crippen LogP contribution >= 0.6 is 22.9 Å². The van der Waals surface area contributed by atoms with E-state index in [1.54, 1.807) is 38.1 Å². The Balaban J connectivity index is 1.71. The van der Waals surface area contributed by atoms with Gasteiger partial charge in [-0.1, -0.05) is 11.3 Å². The van der Waals surface area contributed by atoms with Crippen molar-refractivity contribution < 1.29 is 19.1 Å². The minimum absolute atomic E-state index is 0.145. The van der Waals surface area contributed by atoms with E-state index in [0.717, 1.165) is 11.5 Å². The molecule has 0 radical (unpaired) electrons. The molecule has 0 aliphatic heterocycles. The summed E-state index contributed by atoms with van der Waals surface area (Å²) in [5.41, 5.74) is 1.52. The molecule has 3 aromatic heterocycles. The summed E-state index contributed by atoms with van der Waals surface area (Å²) >= 11 is 2.35. The standard InChI is InChI=1S/C19H22N6O4S2/c1-11-15(16(26)22-12-5-6-14(29-4)20-9-12)17(31-24-11)23-19-21-10-13(30-19)18(27)25(2)7-8-28-3/h5-6,9-10H,7-8H2,1-4H3,(H,21,23)(H,22,26). The number of carbonyl (C=O) groups excluding carboxylic acids is 2. The largest absolute Gasteiger partial charge is 0.481 e. The van der Waals surface area contributed by atoms with Gasteiger partial charge >= 0.3 is 0 Å². The van der Waals surface area contributed by atoms with E-state index >= 15 is 0 Å². The Hall–Kier alpha value is -3.09. The number of nitrogens with one attached hydrogen (secondary N) is 2. The molecule has 2 amide bonds. The molecule has 3 aromatic rings. The lowest BCUT2D eigenvalue weighted by atomic mass is 10.2. The van der Waals surface area contributed by atoms with Gasteiger partial charge in [-0.2, -0.15) is 4.37 Å². The average molecular weight is 463 g/mol. The second-order valence-corrected chi connectivity index (χ2v) is 8.19. The molecule has 0 aliphatic rings. The van der Waals surface area contributed by atoms with Crippen molar-refractivity contribution in [2.24, 2.45) is 0 Å². The van der Waals surface area contributed by atoms with E-state index in [1.165, 1.54) is 30.8 Å². The van der Waals surface area contributed by atoms with Gasteiger partial charge in [0.15, 0.2) is 5.13 Å². The highest BCUT2D eigenvalue weighted by atomic mass is 32.1. The lowest BCUT2D eigenvalue weighted by Gasteiger charge is -2.14. The Kier molecular flexibility index (Phi) is 7.50. The molecule has 0 aromatic carbocycles. The van der Waals surface area contributed by atoms with Crippen molar-refractivity contribution in [1.29, 1.82) is 0 Å². The zero-order valence-corrected chi connectivity index (χ0v) is 19.1. The minimum Gasteiger partial charge on any atom is -0.481 e. The van der Waals surface area contributed by atoms with Gasteiger partial charge in [-0.25, -0.2) is 9.97 Å². The molecule has 0 atom stereocenters. The molecule has 3 rings (SSSR count). The Bertz CT molecular complexity index is 1050. The van der Waals surface area contributed by atoms with Crippen molar-refractivity contribution in [2.75, 3.05) is 45.1 Å². The molecule has 0 saturated heterocycles. The van der Waals surface area contributed by atoms with Gasteiger partial charge < -0.3 is 25.0 Å². The summed E-state index contributed by atoms with van der Waals surface area (Å²) in [5, 5.41) is 6.94. The number of likely N-dealkylation sites (N-methyl/N-ethyl adjacent to an activating group) is 1. The molecule has 10 nitrogen and oxygen atoms in total. The number of anilines is 3. The van der Waals surface area contributed by atoms with Gasteiger partial charge in [0.05, 0.1) is 43.1 Å². The summed E-state index contributed by atoms with van der Waals surface area (Å²) in [5.74, 6) is -0.0170. The summed E-state index contributed by atoms with van der Waals surface area (Å²) in [6.07, 6.45) is 3.02. The van der Waals surface area contributed by atoms with E-state index < -0.39 is 0 Å². The van der Waals surface area contributed by atoms with E-state index in [4.69, 9.17) is 9.47 Å². The SMILES string of the molecule is COCCN(C)C(=O)c1cnc(Nc2snc(C)c2C(=O)Nc2ccc(OC)nc2)s1. The molecule has 0 saturated carbocycles. The van der Waals surface area contributed by atoms with Crippen LogP contribution in [0.5, 0.6) is 5.88 Å². The lowest BCUT2D eigenvalue weighted by molar-refractivity contribution is 0.0748.